The zero-order chi connectivity index (χ0) is 9.03. The third-order valence-electron chi connectivity index (χ3n) is 3.43. The minimum atomic E-state index is 0.676. The van der Waals surface area contributed by atoms with Crippen LogP contribution in [0.2, 0.25) is 0 Å². The van der Waals surface area contributed by atoms with E-state index in [9.17, 15) is 0 Å². The van der Waals surface area contributed by atoms with Gasteiger partial charge in [0, 0.05) is 5.33 Å². The molecule has 12 heavy (non-hydrogen) atoms. The smallest absolute Gasteiger partial charge is 0.00880 e. The van der Waals surface area contributed by atoms with Gasteiger partial charge in [-0.05, 0) is 30.6 Å². The van der Waals surface area contributed by atoms with E-state index in [1.807, 2.05) is 0 Å². The van der Waals surface area contributed by atoms with Crippen LogP contribution < -0.4 is 0 Å². The van der Waals surface area contributed by atoms with Crippen molar-refractivity contribution in [1.29, 1.82) is 0 Å². The van der Waals surface area contributed by atoms with E-state index >= 15 is 0 Å². The zero-order valence-corrected chi connectivity index (χ0v) is 9.99. The van der Waals surface area contributed by atoms with Gasteiger partial charge in [0.1, 0.15) is 0 Å². The first-order valence-corrected chi connectivity index (χ1v) is 6.40. The monoisotopic (exact) mass is 232 g/mol. The molecule has 0 aromatic rings. The van der Waals surface area contributed by atoms with Gasteiger partial charge < -0.3 is 0 Å². The van der Waals surface area contributed by atoms with Crippen LogP contribution in [0.4, 0.5) is 0 Å². The molecule has 0 aromatic heterocycles. The molecule has 0 saturated heterocycles. The molecule has 0 radical (unpaired) electrons. The summed E-state index contributed by atoms with van der Waals surface area (Å²) in [5.74, 6) is 0.917. The average Bonchev–Trinajstić information content (AvgIpc) is 2.54. The third kappa shape index (κ3) is 2.48. The van der Waals surface area contributed by atoms with E-state index in [0.29, 0.717) is 5.41 Å². The van der Waals surface area contributed by atoms with Crippen LogP contribution in [0.25, 0.3) is 0 Å². The molecule has 0 heterocycles. The second-order valence-electron chi connectivity index (χ2n) is 4.56. The van der Waals surface area contributed by atoms with Gasteiger partial charge in [-0.15, -0.1) is 0 Å². The Hall–Kier alpha value is 0.480. The molecule has 0 nitrogen and oxygen atoms in total. The van der Waals surface area contributed by atoms with Gasteiger partial charge in [0.2, 0.25) is 0 Å². The summed E-state index contributed by atoms with van der Waals surface area (Å²) in [7, 11) is 0. The quantitative estimate of drug-likeness (QED) is 0.632. The molecule has 0 spiro atoms. The van der Waals surface area contributed by atoms with Gasteiger partial charge in [-0.25, -0.2) is 0 Å². The number of alkyl halides is 1. The molecule has 72 valence electrons. The first-order chi connectivity index (χ1) is 5.72. The Morgan fingerprint density at radius 2 is 1.92 bits per heavy atom. The first-order valence-electron chi connectivity index (χ1n) is 5.28. The van der Waals surface area contributed by atoms with Crippen molar-refractivity contribution in [2.75, 3.05) is 5.33 Å². The highest BCUT2D eigenvalue weighted by Crippen LogP contribution is 2.44. The summed E-state index contributed by atoms with van der Waals surface area (Å²) in [4.78, 5) is 0. The summed E-state index contributed by atoms with van der Waals surface area (Å²) in [6.45, 7) is 4.70. The molecule has 1 fully saturated rings. The predicted octanol–water partition coefficient (Wildman–Crippen LogP) is 4.38. The Bertz CT molecular complexity index is 125. The lowest BCUT2D eigenvalue weighted by Crippen LogP contribution is -2.21. The van der Waals surface area contributed by atoms with Crippen molar-refractivity contribution >= 4 is 15.9 Å². The molecule has 0 bridgehead atoms. The van der Waals surface area contributed by atoms with E-state index in [1.165, 1.54) is 43.9 Å². The van der Waals surface area contributed by atoms with Gasteiger partial charge in [0.15, 0.2) is 0 Å². The van der Waals surface area contributed by atoms with Crippen LogP contribution >= 0.6 is 15.9 Å². The Morgan fingerprint density at radius 3 is 2.33 bits per heavy atom. The first kappa shape index (κ1) is 10.6. The Balaban J connectivity index is 2.43. The molecule has 1 aliphatic rings. The summed E-state index contributed by atoms with van der Waals surface area (Å²) in [5.41, 5.74) is 0.676. The largest absolute Gasteiger partial charge is 0.0922 e. The minimum Gasteiger partial charge on any atom is -0.0922 e. The van der Waals surface area contributed by atoms with Crippen LogP contribution in [0.1, 0.15) is 52.4 Å². The van der Waals surface area contributed by atoms with Crippen molar-refractivity contribution in [2.45, 2.75) is 52.4 Å². The number of hydrogen-bond acceptors (Lipinski definition) is 0. The molecule has 0 N–H and O–H groups in total. The van der Waals surface area contributed by atoms with Crippen molar-refractivity contribution in [3.05, 3.63) is 0 Å². The summed E-state index contributed by atoms with van der Waals surface area (Å²) >= 11 is 3.69. The fourth-order valence-corrected chi connectivity index (χ4v) is 3.19. The molecule has 0 aliphatic heterocycles. The van der Waals surface area contributed by atoms with E-state index in [4.69, 9.17) is 0 Å². The third-order valence-corrected chi connectivity index (χ3v) is 4.62. The second kappa shape index (κ2) is 4.64. The highest BCUT2D eigenvalue weighted by atomic mass is 79.9. The zero-order valence-electron chi connectivity index (χ0n) is 8.41. The molecule has 1 saturated carbocycles. The Labute approximate surface area is 85.3 Å². The summed E-state index contributed by atoms with van der Waals surface area (Å²) in [6, 6.07) is 0. The molecule has 1 heteroatoms. The van der Waals surface area contributed by atoms with Crippen LogP contribution in [-0.2, 0) is 0 Å². The van der Waals surface area contributed by atoms with Gasteiger partial charge >= 0.3 is 0 Å². The van der Waals surface area contributed by atoms with Crippen LogP contribution in [0.3, 0.4) is 0 Å². The Morgan fingerprint density at radius 1 is 1.33 bits per heavy atom. The molecule has 0 amide bonds. The van der Waals surface area contributed by atoms with Crippen LogP contribution in [0, 0.1) is 11.3 Å². The van der Waals surface area contributed by atoms with E-state index in [0.717, 1.165) is 5.92 Å². The van der Waals surface area contributed by atoms with E-state index in [1.54, 1.807) is 0 Å². The van der Waals surface area contributed by atoms with Crippen LogP contribution in [-0.4, -0.2) is 5.33 Å². The number of hydrogen-bond donors (Lipinski definition) is 0. The molecular formula is C11H21Br. The van der Waals surface area contributed by atoms with Crippen molar-refractivity contribution in [3.8, 4) is 0 Å². The maximum absolute atomic E-state index is 3.69. The normalized spacial score (nSPS) is 24.2. The maximum Gasteiger partial charge on any atom is 0.00880 e. The lowest BCUT2D eigenvalue weighted by molar-refractivity contribution is 0.261. The Kier molecular flexibility index (Phi) is 4.09. The highest BCUT2D eigenvalue weighted by Gasteiger charge is 2.33. The van der Waals surface area contributed by atoms with Gasteiger partial charge in [-0.3, -0.25) is 0 Å². The van der Waals surface area contributed by atoms with Crippen molar-refractivity contribution in [3.63, 3.8) is 0 Å². The van der Waals surface area contributed by atoms with Gasteiger partial charge in [-0.2, -0.15) is 0 Å². The predicted molar refractivity (Wildman–Crippen MR) is 58.8 cm³/mol. The standard InChI is InChI=1S/C11H21Br/c1-3-10(2)8-11(9-12)6-4-5-7-11/h10H,3-9H2,1-2H3. The van der Waals surface area contributed by atoms with Crippen LogP contribution in [0.5, 0.6) is 0 Å². The average molecular weight is 233 g/mol. The molecular weight excluding hydrogens is 212 g/mol. The fourth-order valence-electron chi connectivity index (χ4n) is 2.40. The summed E-state index contributed by atoms with van der Waals surface area (Å²) in [6.07, 6.45) is 8.62. The van der Waals surface area contributed by atoms with Gasteiger partial charge in [0.05, 0.1) is 0 Å². The topological polar surface area (TPSA) is 0 Å². The number of halogens is 1. The summed E-state index contributed by atoms with van der Waals surface area (Å²) in [5, 5.41) is 1.23. The van der Waals surface area contributed by atoms with Crippen molar-refractivity contribution in [2.24, 2.45) is 11.3 Å². The lowest BCUT2D eigenvalue weighted by Gasteiger charge is -2.29. The fraction of sp³-hybridized carbons (Fsp3) is 1.00. The van der Waals surface area contributed by atoms with E-state index < -0.39 is 0 Å². The molecule has 0 aromatic carbocycles. The van der Waals surface area contributed by atoms with Gasteiger partial charge in [-0.1, -0.05) is 49.0 Å². The SMILES string of the molecule is CCC(C)CC1(CBr)CCCC1. The highest BCUT2D eigenvalue weighted by molar-refractivity contribution is 9.09. The molecule has 1 unspecified atom stereocenters. The molecule has 1 rings (SSSR count). The van der Waals surface area contributed by atoms with Crippen molar-refractivity contribution in [1.82, 2.24) is 0 Å². The van der Waals surface area contributed by atoms with Crippen molar-refractivity contribution < 1.29 is 0 Å². The van der Waals surface area contributed by atoms with E-state index in [-0.39, 0.29) is 0 Å². The number of rotatable bonds is 4. The molecule has 1 aliphatic carbocycles. The van der Waals surface area contributed by atoms with Gasteiger partial charge in [0.25, 0.3) is 0 Å². The minimum absolute atomic E-state index is 0.676. The summed E-state index contributed by atoms with van der Waals surface area (Å²) < 4.78 is 0. The second-order valence-corrected chi connectivity index (χ2v) is 5.12. The van der Waals surface area contributed by atoms with E-state index in [2.05, 4.69) is 29.8 Å². The maximum atomic E-state index is 3.69. The van der Waals surface area contributed by atoms with Crippen LogP contribution in [0.15, 0.2) is 0 Å². The lowest BCUT2D eigenvalue weighted by atomic mass is 9.79. The molecule has 1 atom stereocenters.